The summed E-state index contributed by atoms with van der Waals surface area (Å²) in [5.41, 5.74) is 0.953. The lowest BCUT2D eigenvalue weighted by atomic mass is 10.1. The molecule has 1 N–H and O–H groups in total. The van der Waals surface area contributed by atoms with E-state index >= 15 is 0 Å². The van der Waals surface area contributed by atoms with Crippen molar-refractivity contribution in [1.82, 2.24) is 4.90 Å². The number of benzene rings is 3. The molecule has 0 aliphatic rings. The zero-order valence-electron chi connectivity index (χ0n) is 17.5. The minimum atomic E-state index is -3.66. The molecule has 0 heterocycles. The molecule has 0 saturated carbocycles. The van der Waals surface area contributed by atoms with E-state index in [2.05, 4.69) is 0 Å². The summed E-state index contributed by atoms with van der Waals surface area (Å²) in [5, 5.41) is 9.43. The fourth-order valence-corrected chi connectivity index (χ4v) is 4.61. The molecule has 0 fully saturated rings. The molecular weight excluding hydrogens is 450 g/mol. The molecule has 0 aliphatic carbocycles. The van der Waals surface area contributed by atoms with Gasteiger partial charge in [-0.1, -0.05) is 41.9 Å². The maximum atomic E-state index is 12.8. The summed E-state index contributed by atoms with van der Waals surface area (Å²) in [5.74, 6) is -0.364. The summed E-state index contributed by atoms with van der Waals surface area (Å²) in [6.45, 7) is 0.466. The number of hydrogen-bond donors (Lipinski definition) is 1. The standard InChI is InChI=1S/C24H24ClNO5S/c1-26(17-24(27)28)16-15-23(18-5-3-2-4-6-18)31-20-9-13-22(14-10-20)32(29,30)21-11-7-19(25)8-12-21/h2-14,23H,15-17H2,1H3,(H,27,28). The molecule has 1 atom stereocenters. The first kappa shape index (κ1) is 23.8. The Labute approximate surface area is 192 Å². The average Bonchev–Trinajstić information content (AvgIpc) is 2.77. The third-order valence-corrected chi connectivity index (χ3v) is 6.92. The van der Waals surface area contributed by atoms with Crippen LogP contribution in [-0.2, 0) is 14.6 Å². The highest BCUT2D eigenvalue weighted by Gasteiger charge is 2.19. The van der Waals surface area contributed by atoms with Crippen molar-refractivity contribution in [2.24, 2.45) is 0 Å². The van der Waals surface area contributed by atoms with Crippen LogP contribution in [0.5, 0.6) is 5.75 Å². The van der Waals surface area contributed by atoms with Crippen molar-refractivity contribution in [2.75, 3.05) is 20.1 Å². The van der Waals surface area contributed by atoms with Gasteiger partial charge < -0.3 is 9.84 Å². The number of hydrogen-bond acceptors (Lipinski definition) is 5. The summed E-state index contributed by atoms with van der Waals surface area (Å²) < 4.78 is 31.8. The SMILES string of the molecule is CN(CCC(Oc1ccc(S(=O)(=O)c2ccc(Cl)cc2)cc1)c1ccccc1)CC(=O)O. The van der Waals surface area contributed by atoms with Gasteiger partial charge >= 0.3 is 5.97 Å². The third kappa shape index (κ3) is 6.32. The smallest absolute Gasteiger partial charge is 0.317 e. The Bertz CT molecular complexity index is 1130. The number of carboxylic acid groups (broad SMARTS) is 1. The molecule has 0 radical (unpaired) electrons. The lowest BCUT2D eigenvalue weighted by Crippen LogP contribution is -2.28. The lowest BCUT2D eigenvalue weighted by molar-refractivity contribution is -0.138. The van der Waals surface area contributed by atoms with Crippen LogP contribution >= 0.6 is 11.6 Å². The number of rotatable bonds is 10. The van der Waals surface area contributed by atoms with Gasteiger partial charge in [0.05, 0.1) is 16.3 Å². The molecular formula is C24H24ClNO5S. The van der Waals surface area contributed by atoms with E-state index in [0.717, 1.165) is 5.56 Å². The van der Waals surface area contributed by atoms with Gasteiger partial charge in [0.1, 0.15) is 11.9 Å². The molecule has 3 rings (SSSR count). The van der Waals surface area contributed by atoms with Crippen molar-refractivity contribution < 1.29 is 23.1 Å². The van der Waals surface area contributed by atoms with Crippen LogP contribution in [0.2, 0.25) is 5.02 Å². The second kappa shape index (κ2) is 10.6. The molecule has 8 heteroatoms. The predicted octanol–water partition coefficient (Wildman–Crippen LogP) is 4.70. The van der Waals surface area contributed by atoms with Crippen LogP contribution in [0.25, 0.3) is 0 Å². The Morgan fingerprint density at radius 1 is 0.969 bits per heavy atom. The first-order chi connectivity index (χ1) is 15.3. The number of ether oxygens (including phenoxy) is 1. The number of nitrogens with zero attached hydrogens (tertiary/aromatic N) is 1. The highest BCUT2D eigenvalue weighted by molar-refractivity contribution is 7.91. The Hall–Kier alpha value is -2.87. The molecule has 0 aromatic heterocycles. The van der Waals surface area contributed by atoms with Crippen LogP contribution < -0.4 is 4.74 Å². The van der Waals surface area contributed by atoms with E-state index in [9.17, 15) is 13.2 Å². The number of sulfone groups is 1. The summed E-state index contributed by atoms with van der Waals surface area (Å²) in [7, 11) is -1.92. The minimum absolute atomic E-state index is 0.0568. The van der Waals surface area contributed by atoms with E-state index in [1.54, 1.807) is 24.1 Å². The van der Waals surface area contributed by atoms with Crippen molar-refractivity contribution >= 4 is 27.4 Å². The van der Waals surface area contributed by atoms with Crippen LogP contribution in [0, 0.1) is 0 Å². The van der Waals surface area contributed by atoms with Gasteiger partial charge in [-0.25, -0.2) is 8.42 Å². The number of carboxylic acids is 1. The average molecular weight is 474 g/mol. The number of likely N-dealkylation sites (N-methyl/N-ethyl adjacent to an activating group) is 1. The van der Waals surface area contributed by atoms with Crippen LogP contribution in [0.15, 0.2) is 88.7 Å². The van der Waals surface area contributed by atoms with E-state index in [0.29, 0.717) is 23.7 Å². The quantitative estimate of drug-likeness (QED) is 0.459. The molecule has 1 unspecified atom stereocenters. The van der Waals surface area contributed by atoms with Gasteiger partial charge in [-0.2, -0.15) is 0 Å². The van der Waals surface area contributed by atoms with Crippen LogP contribution in [0.1, 0.15) is 18.1 Å². The van der Waals surface area contributed by atoms with Crippen molar-refractivity contribution in [3.05, 3.63) is 89.4 Å². The highest BCUT2D eigenvalue weighted by Crippen LogP contribution is 2.28. The molecule has 3 aromatic carbocycles. The van der Waals surface area contributed by atoms with Crippen molar-refractivity contribution in [3.63, 3.8) is 0 Å². The van der Waals surface area contributed by atoms with Gasteiger partial charge in [0, 0.05) is 18.0 Å². The number of carbonyl (C=O) groups is 1. The van der Waals surface area contributed by atoms with E-state index < -0.39 is 15.8 Å². The highest BCUT2D eigenvalue weighted by atomic mass is 35.5. The van der Waals surface area contributed by atoms with Crippen molar-refractivity contribution in [3.8, 4) is 5.75 Å². The van der Waals surface area contributed by atoms with Crippen LogP contribution in [0.3, 0.4) is 0 Å². The summed E-state index contributed by atoms with van der Waals surface area (Å²) in [6.07, 6.45) is 0.254. The monoisotopic (exact) mass is 473 g/mol. The van der Waals surface area contributed by atoms with Gasteiger partial charge in [-0.15, -0.1) is 0 Å². The second-order valence-electron chi connectivity index (χ2n) is 7.37. The molecule has 3 aromatic rings. The molecule has 6 nitrogen and oxygen atoms in total. The molecule has 0 saturated heterocycles. The minimum Gasteiger partial charge on any atom is -0.486 e. The molecule has 168 valence electrons. The third-order valence-electron chi connectivity index (χ3n) is 4.89. The van der Waals surface area contributed by atoms with E-state index in [-0.39, 0.29) is 22.4 Å². The molecule has 0 bridgehead atoms. The van der Waals surface area contributed by atoms with Crippen molar-refractivity contribution in [1.29, 1.82) is 0 Å². The molecule has 0 spiro atoms. The molecule has 0 aliphatic heterocycles. The summed E-state index contributed by atoms with van der Waals surface area (Å²) >= 11 is 5.85. The first-order valence-electron chi connectivity index (χ1n) is 9.98. The van der Waals surface area contributed by atoms with Crippen molar-refractivity contribution in [2.45, 2.75) is 22.3 Å². The predicted molar refractivity (Wildman–Crippen MR) is 123 cm³/mol. The van der Waals surface area contributed by atoms with Crippen LogP contribution in [-0.4, -0.2) is 44.5 Å². The van der Waals surface area contributed by atoms with Gasteiger partial charge in [0.25, 0.3) is 0 Å². The zero-order chi connectivity index (χ0) is 23.1. The maximum Gasteiger partial charge on any atom is 0.317 e. The van der Waals surface area contributed by atoms with Gasteiger partial charge in [-0.05, 0) is 61.1 Å². The topological polar surface area (TPSA) is 83.9 Å². The van der Waals surface area contributed by atoms with Crippen LogP contribution in [0.4, 0.5) is 0 Å². The Balaban J connectivity index is 1.76. The van der Waals surface area contributed by atoms with E-state index in [4.69, 9.17) is 21.4 Å². The number of aliphatic carboxylic acids is 1. The first-order valence-corrected chi connectivity index (χ1v) is 11.8. The van der Waals surface area contributed by atoms with Gasteiger partial charge in [0.2, 0.25) is 9.84 Å². The Morgan fingerprint density at radius 3 is 2.09 bits per heavy atom. The second-order valence-corrected chi connectivity index (χ2v) is 9.75. The van der Waals surface area contributed by atoms with E-state index in [1.807, 2.05) is 30.3 Å². The molecule has 32 heavy (non-hydrogen) atoms. The largest absolute Gasteiger partial charge is 0.486 e. The normalized spacial score (nSPS) is 12.5. The fourth-order valence-electron chi connectivity index (χ4n) is 3.22. The van der Waals surface area contributed by atoms with Gasteiger partial charge in [-0.3, -0.25) is 9.69 Å². The summed E-state index contributed by atoms with van der Waals surface area (Å²) in [6, 6.07) is 21.9. The zero-order valence-corrected chi connectivity index (χ0v) is 19.1. The molecule has 0 amide bonds. The Kier molecular flexibility index (Phi) is 7.90. The maximum absolute atomic E-state index is 12.8. The summed E-state index contributed by atoms with van der Waals surface area (Å²) in [4.78, 5) is 13.0. The van der Waals surface area contributed by atoms with E-state index in [1.165, 1.54) is 36.4 Å². The lowest BCUT2D eigenvalue weighted by Gasteiger charge is -2.22. The fraction of sp³-hybridized carbons (Fsp3) is 0.208. The number of halogens is 1. The Morgan fingerprint density at radius 2 is 1.53 bits per heavy atom. The van der Waals surface area contributed by atoms with Gasteiger partial charge in [0.15, 0.2) is 0 Å².